The zero-order valence-electron chi connectivity index (χ0n) is 12.7. The van der Waals surface area contributed by atoms with Crippen LogP contribution in [0.15, 0.2) is 47.6 Å². The van der Waals surface area contributed by atoms with Gasteiger partial charge in [-0.3, -0.25) is 14.9 Å². The van der Waals surface area contributed by atoms with E-state index in [0.717, 1.165) is 30.0 Å². The Balaban J connectivity index is 1.89. The number of aryl methyl sites for hydroxylation is 1. The number of non-ortho nitro benzene ring substituents is 1. The minimum absolute atomic E-state index is 0.107. The quantitative estimate of drug-likeness (QED) is 0.500. The van der Waals surface area contributed by atoms with Gasteiger partial charge >= 0.3 is 0 Å². The molecule has 0 saturated heterocycles. The Morgan fingerprint density at radius 3 is 2.71 bits per heavy atom. The summed E-state index contributed by atoms with van der Waals surface area (Å²) in [6, 6.07) is 10.2. The van der Waals surface area contributed by atoms with Crippen molar-refractivity contribution in [2.45, 2.75) is 6.92 Å². The smallest absolute Gasteiger partial charge is 0.277 e. The summed E-state index contributed by atoms with van der Waals surface area (Å²) in [4.78, 5) is 21.6. The molecule has 0 fully saturated rings. The van der Waals surface area contributed by atoms with Crippen molar-refractivity contribution in [3.05, 3.63) is 69.5 Å². The van der Waals surface area contributed by atoms with Crippen LogP contribution in [0.1, 0.15) is 11.1 Å². The number of nitro benzene ring substituents is 1. The highest BCUT2D eigenvalue weighted by Gasteiger charge is 2.09. The number of benzene rings is 2. The molecule has 2 rings (SSSR count). The summed E-state index contributed by atoms with van der Waals surface area (Å²) in [6.45, 7) is 1.66. The second-order valence-corrected chi connectivity index (χ2v) is 4.86. The Kier molecular flexibility index (Phi) is 5.56. The van der Waals surface area contributed by atoms with E-state index in [1.165, 1.54) is 0 Å². The molecule has 0 aliphatic rings. The van der Waals surface area contributed by atoms with Gasteiger partial charge in [0.1, 0.15) is 11.6 Å². The van der Waals surface area contributed by atoms with Crippen molar-refractivity contribution in [1.29, 1.82) is 0 Å². The van der Waals surface area contributed by atoms with Gasteiger partial charge in [0.15, 0.2) is 6.61 Å². The minimum atomic E-state index is -0.686. The standard InChI is InChI=1S/C16H14FN3O4/c1-11-2-5-14(6-3-11)24-10-16(21)19-18-9-12-8-13(20(22)23)4-7-15(12)17/h2-9H,10H2,1H3,(H,19,21). The normalized spacial score (nSPS) is 10.6. The molecule has 0 saturated carbocycles. The van der Waals surface area contributed by atoms with Crippen LogP contribution in [0.4, 0.5) is 10.1 Å². The average molecular weight is 331 g/mol. The summed E-state index contributed by atoms with van der Waals surface area (Å²) >= 11 is 0. The lowest BCUT2D eigenvalue weighted by molar-refractivity contribution is -0.384. The first-order chi connectivity index (χ1) is 11.5. The third-order valence-electron chi connectivity index (χ3n) is 2.97. The third kappa shape index (κ3) is 4.87. The lowest BCUT2D eigenvalue weighted by Crippen LogP contribution is -2.24. The van der Waals surface area contributed by atoms with E-state index in [2.05, 4.69) is 10.5 Å². The van der Waals surface area contributed by atoms with E-state index in [1.54, 1.807) is 12.1 Å². The van der Waals surface area contributed by atoms with Gasteiger partial charge in [-0.05, 0) is 25.1 Å². The van der Waals surface area contributed by atoms with Crippen LogP contribution in [-0.4, -0.2) is 23.7 Å². The predicted octanol–water partition coefficient (Wildman–Crippen LogP) is 2.57. The van der Waals surface area contributed by atoms with E-state index in [-0.39, 0.29) is 17.9 Å². The fraction of sp³-hybridized carbons (Fsp3) is 0.125. The van der Waals surface area contributed by atoms with Crippen LogP contribution in [-0.2, 0) is 4.79 Å². The van der Waals surface area contributed by atoms with Crippen molar-refractivity contribution in [2.75, 3.05) is 6.61 Å². The lowest BCUT2D eigenvalue weighted by Gasteiger charge is -2.05. The molecule has 0 aliphatic carbocycles. The number of hydrogen-bond donors (Lipinski definition) is 1. The Morgan fingerprint density at radius 1 is 1.33 bits per heavy atom. The van der Waals surface area contributed by atoms with Crippen molar-refractivity contribution in [2.24, 2.45) is 5.10 Å². The number of hydrazone groups is 1. The molecule has 7 nitrogen and oxygen atoms in total. The van der Waals surface area contributed by atoms with Gasteiger partial charge in [0, 0.05) is 17.7 Å². The van der Waals surface area contributed by atoms with E-state index in [9.17, 15) is 19.3 Å². The zero-order valence-corrected chi connectivity index (χ0v) is 12.7. The highest BCUT2D eigenvalue weighted by atomic mass is 19.1. The highest BCUT2D eigenvalue weighted by molar-refractivity contribution is 5.83. The van der Waals surface area contributed by atoms with Crippen molar-refractivity contribution in [3.63, 3.8) is 0 Å². The Hall–Kier alpha value is -3.29. The molecular weight excluding hydrogens is 317 g/mol. The molecule has 0 spiro atoms. The monoisotopic (exact) mass is 331 g/mol. The second-order valence-electron chi connectivity index (χ2n) is 4.86. The molecule has 0 heterocycles. The number of ether oxygens (including phenoxy) is 1. The van der Waals surface area contributed by atoms with Gasteiger partial charge in [-0.15, -0.1) is 0 Å². The maximum absolute atomic E-state index is 13.5. The predicted molar refractivity (Wildman–Crippen MR) is 85.5 cm³/mol. The molecule has 8 heteroatoms. The van der Waals surface area contributed by atoms with Crippen LogP contribution in [0.25, 0.3) is 0 Å². The number of amides is 1. The number of halogens is 1. The van der Waals surface area contributed by atoms with Crippen molar-refractivity contribution >= 4 is 17.8 Å². The molecular formula is C16H14FN3O4. The summed E-state index contributed by atoms with van der Waals surface area (Å²) in [5.74, 6) is -0.698. The van der Waals surface area contributed by atoms with E-state index in [4.69, 9.17) is 4.74 Å². The third-order valence-corrected chi connectivity index (χ3v) is 2.97. The molecule has 0 aromatic heterocycles. The molecule has 0 aliphatic heterocycles. The van der Waals surface area contributed by atoms with Gasteiger partial charge in [0.25, 0.3) is 11.6 Å². The molecule has 0 radical (unpaired) electrons. The zero-order chi connectivity index (χ0) is 17.5. The summed E-state index contributed by atoms with van der Waals surface area (Å²) in [5, 5.41) is 14.2. The van der Waals surface area contributed by atoms with E-state index >= 15 is 0 Å². The van der Waals surface area contributed by atoms with Crippen LogP contribution in [0.2, 0.25) is 0 Å². The largest absolute Gasteiger partial charge is 0.484 e. The molecule has 1 N–H and O–H groups in total. The molecule has 0 atom stereocenters. The lowest BCUT2D eigenvalue weighted by atomic mass is 10.2. The molecule has 0 bridgehead atoms. The van der Waals surface area contributed by atoms with Crippen LogP contribution in [0.5, 0.6) is 5.75 Å². The summed E-state index contributed by atoms with van der Waals surface area (Å²) in [7, 11) is 0. The fourth-order valence-corrected chi connectivity index (χ4v) is 1.73. The molecule has 1 amide bonds. The maximum Gasteiger partial charge on any atom is 0.277 e. The second kappa shape index (κ2) is 7.82. The van der Waals surface area contributed by atoms with Crippen LogP contribution < -0.4 is 10.2 Å². The Morgan fingerprint density at radius 2 is 2.04 bits per heavy atom. The molecule has 2 aromatic rings. The van der Waals surface area contributed by atoms with Crippen LogP contribution in [0.3, 0.4) is 0 Å². The first kappa shape index (κ1) is 17.1. The first-order valence-corrected chi connectivity index (χ1v) is 6.91. The van der Waals surface area contributed by atoms with Crippen molar-refractivity contribution in [1.82, 2.24) is 5.43 Å². The summed E-state index contributed by atoms with van der Waals surface area (Å²) < 4.78 is 18.8. The molecule has 2 aromatic carbocycles. The van der Waals surface area contributed by atoms with Gasteiger partial charge in [0.2, 0.25) is 0 Å². The minimum Gasteiger partial charge on any atom is -0.484 e. The van der Waals surface area contributed by atoms with E-state index in [0.29, 0.717) is 5.75 Å². The molecule has 0 unspecified atom stereocenters. The fourth-order valence-electron chi connectivity index (χ4n) is 1.73. The van der Waals surface area contributed by atoms with Gasteiger partial charge in [-0.25, -0.2) is 9.82 Å². The van der Waals surface area contributed by atoms with Gasteiger partial charge in [-0.2, -0.15) is 5.10 Å². The SMILES string of the molecule is Cc1ccc(OCC(=O)NN=Cc2cc([N+](=O)[O-])ccc2F)cc1. The Bertz CT molecular complexity index is 775. The number of carbonyl (C=O) groups excluding carboxylic acids is 1. The summed E-state index contributed by atoms with van der Waals surface area (Å²) in [5.41, 5.74) is 2.84. The van der Waals surface area contributed by atoms with Crippen molar-refractivity contribution < 1.29 is 18.8 Å². The van der Waals surface area contributed by atoms with Crippen molar-refractivity contribution in [3.8, 4) is 5.75 Å². The van der Waals surface area contributed by atoms with E-state index < -0.39 is 16.6 Å². The maximum atomic E-state index is 13.5. The average Bonchev–Trinajstić information content (AvgIpc) is 2.56. The number of rotatable bonds is 6. The topological polar surface area (TPSA) is 93.8 Å². The number of nitrogens with one attached hydrogen (secondary N) is 1. The van der Waals surface area contributed by atoms with Gasteiger partial charge in [0.05, 0.1) is 11.1 Å². The van der Waals surface area contributed by atoms with Gasteiger partial charge < -0.3 is 4.74 Å². The number of carbonyl (C=O) groups is 1. The summed E-state index contributed by atoms with van der Waals surface area (Å²) in [6.07, 6.45) is 0.992. The number of nitro groups is 1. The first-order valence-electron chi connectivity index (χ1n) is 6.91. The number of hydrogen-bond acceptors (Lipinski definition) is 5. The van der Waals surface area contributed by atoms with E-state index in [1.807, 2.05) is 19.1 Å². The number of nitrogens with zero attached hydrogens (tertiary/aromatic N) is 2. The highest BCUT2D eigenvalue weighted by Crippen LogP contribution is 2.15. The van der Waals surface area contributed by atoms with Crippen LogP contribution in [0, 0.1) is 22.9 Å². The van der Waals surface area contributed by atoms with Crippen LogP contribution >= 0.6 is 0 Å². The van der Waals surface area contributed by atoms with Gasteiger partial charge in [-0.1, -0.05) is 17.7 Å². The molecule has 124 valence electrons. The Labute approximate surface area is 136 Å². The molecule has 24 heavy (non-hydrogen) atoms.